The minimum atomic E-state index is -0.357. The van der Waals surface area contributed by atoms with Gasteiger partial charge in [0.1, 0.15) is 0 Å². The van der Waals surface area contributed by atoms with Gasteiger partial charge in [-0.15, -0.1) is 23.1 Å². The Labute approximate surface area is 202 Å². The lowest BCUT2D eigenvalue weighted by Gasteiger charge is -2.25. The summed E-state index contributed by atoms with van der Waals surface area (Å²) in [6.45, 7) is 6.54. The van der Waals surface area contributed by atoms with Crippen molar-refractivity contribution >= 4 is 45.7 Å². The second-order valence-electron chi connectivity index (χ2n) is 8.19. The van der Waals surface area contributed by atoms with Gasteiger partial charge in [-0.3, -0.25) is 14.5 Å². The molecule has 3 aromatic rings. The quantitative estimate of drug-likeness (QED) is 0.489. The summed E-state index contributed by atoms with van der Waals surface area (Å²) in [6.07, 6.45) is 0.887. The average Bonchev–Trinajstić information content (AvgIpc) is 3.21. The minimum Gasteiger partial charge on any atom is -0.325 e. The first kappa shape index (κ1) is 23.5. The van der Waals surface area contributed by atoms with Gasteiger partial charge in [-0.2, -0.15) is 0 Å². The second kappa shape index (κ2) is 11.0. The van der Waals surface area contributed by atoms with Gasteiger partial charge in [0.25, 0.3) is 0 Å². The zero-order valence-electron chi connectivity index (χ0n) is 18.8. The molecule has 1 unspecified atom stereocenters. The van der Waals surface area contributed by atoms with E-state index in [0.29, 0.717) is 5.13 Å². The maximum Gasteiger partial charge on any atom is 0.239 e. The molecule has 33 heavy (non-hydrogen) atoms. The van der Waals surface area contributed by atoms with Crippen LogP contribution in [0.25, 0.3) is 0 Å². The molecule has 4 rings (SSSR count). The highest BCUT2D eigenvalue weighted by atomic mass is 32.2. The fraction of sp³-hybridized carbons (Fsp3) is 0.320. The van der Waals surface area contributed by atoms with Crippen molar-refractivity contribution in [2.24, 2.45) is 0 Å². The number of fused-ring (bicyclic) bond motifs is 1. The van der Waals surface area contributed by atoms with Crippen molar-refractivity contribution < 1.29 is 9.59 Å². The number of nitrogens with zero attached hydrogens (tertiary/aromatic N) is 2. The molecule has 0 aliphatic carbocycles. The molecule has 0 spiro atoms. The van der Waals surface area contributed by atoms with Gasteiger partial charge in [0.15, 0.2) is 5.13 Å². The molecule has 0 radical (unpaired) electrons. The molecule has 0 bridgehead atoms. The number of amides is 2. The maximum atomic E-state index is 12.6. The summed E-state index contributed by atoms with van der Waals surface area (Å²) in [5.74, 6) is -0.0345. The number of carbonyl (C=O) groups excluding carboxylic acids is 2. The number of carbonyl (C=O) groups is 2. The van der Waals surface area contributed by atoms with E-state index >= 15 is 0 Å². The number of rotatable bonds is 8. The van der Waals surface area contributed by atoms with Crippen molar-refractivity contribution in [2.75, 3.05) is 22.9 Å². The number of thioether (sulfide) groups is 1. The number of anilines is 2. The summed E-state index contributed by atoms with van der Waals surface area (Å²) in [4.78, 5) is 33.1. The third kappa shape index (κ3) is 6.66. The normalized spacial score (nSPS) is 14.4. The van der Waals surface area contributed by atoms with Gasteiger partial charge >= 0.3 is 0 Å². The Bertz CT molecular complexity index is 1100. The van der Waals surface area contributed by atoms with Gasteiger partial charge in [-0.25, -0.2) is 4.98 Å². The number of benzene rings is 2. The van der Waals surface area contributed by atoms with E-state index < -0.39 is 0 Å². The van der Waals surface area contributed by atoms with E-state index in [2.05, 4.69) is 44.8 Å². The first-order valence-corrected chi connectivity index (χ1v) is 12.9. The summed E-state index contributed by atoms with van der Waals surface area (Å²) >= 11 is 2.86. The number of aryl methyl sites for hydroxylation is 1. The van der Waals surface area contributed by atoms with Crippen molar-refractivity contribution in [2.45, 2.75) is 38.6 Å². The summed E-state index contributed by atoms with van der Waals surface area (Å²) in [6, 6.07) is 18.1. The third-order valence-corrected chi connectivity index (χ3v) is 7.60. The number of thiazole rings is 1. The lowest BCUT2D eigenvalue weighted by Crippen LogP contribution is -2.29. The van der Waals surface area contributed by atoms with Crippen molar-refractivity contribution in [1.29, 1.82) is 0 Å². The van der Waals surface area contributed by atoms with Crippen LogP contribution in [0.1, 0.15) is 28.6 Å². The predicted molar refractivity (Wildman–Crippen MR) is 137 cm³/mol. The van der Waals surface area contributed by atoms with Crippen LogP contribution in [0.15, 0.2) is 54.6 Å². The van der Waals surface area contributed by atoms with E-state index in [4.69, 9.17) is 0 Å². The van der Waals surface area contributed by atoms with Crippen molar-refractivity contribution in [3.8, 4) is 0 Å². The van der Waals surface area contributed by atoms with E-state index in [9.17, 15) is 9.59 Å². The van der Waals surface area contributed by atoms with Gasteiger partial charge in [-0.1, -0.05) is 48.0 Å². The molecule has 2 heterocycles. The molecule has 1 atom stereocenters. The Hall–Kier alpha value is -2.68. The smallest absolute Gasteiger partial charge is 0.239 e. The zero-order valence-corrected chi connectivity index (χ0v) is 20.5. The van der Waals surface area contributed by atoms with Crippen LogP contribution in [0, 0.1) is 6.92 Å². The van der Waals surface area contributed by atoms with Crippen molar-refractivity contribution in [3.63, 3.8) is 0 Å². The maximum absolute atomic E-state index is 12.6. The van der Waals surface area contributed by atoms with Gasteiger partial charge in [0.2, 0.25) is 11.8 Å². The molecule has 2 aromatic carbocycles. The summed E-state index contributed by atoms with van der Waals surface area (Å²) in [7, 11) is 0. The van der Waals surface area contributed by atoms with Gasteiger partial charge in [-0.05, 0) is 31.5 Å². The van der Waals surface area contributed by atoms with Gasteiger partial charge in [0.05, 0.1) is 16.7 Å². The highest BCUT2D eigenvalue weighted by molar-refractivity contribution is 8.01. The Morgan fingerprint density at radius 2 is 1.88 bits per heavy atom. The molecule has 2 amide bonds. The molecule has 1 aliphatic rings. The third-order valence-electron chi connectivity index (χ3n) is 5.46. The molecule has 1 aromatic heterocycles. The lowest BCUT2D eigenvalue weighted by atomic mass is 10.1. The first-order valence-electron chi connectivity index (χ1n) is 11.0. The van der Waals surface area contributed by atoms with E-state index in [-0.39, 0.29) is 22.8 Å². The molecular weight excluding hydrogens is 452 g/mol. The molecule has 8 heteroatoms. The van der Waals surface area contributed by atoms with Crippen molar-refractivity contribution in [1.82, 2.24) is 9.88 Å². The van der Waals surface area contributed by atoms with Crippen LogP contribution in [-0.4, -0.2) is 39.2 Å². The van der Waals surface area contributed by atoms with Crippen LogP contribution in [0.5, 0.6) is 0 Å². The Morgan fingerprint density at radius 1 is 1.12 bits per heavy atom. The molecule has 172 valence electrons. The lowest BCUT2D eigenvalue weighted by molar-refractivity contribution is -0.115. The summed E-state index contributed by atoms with van der Waals surface area (Å²) in [5.41, 5.74) is 4.28. The van der Waals surface area contributed by atoms with Crippen LogP contribution in [0.2, 0.25) is 0 Å². The highest BCUT2D eigenvalue weighted by Gasteiger charge is 2.23. The molecule has 0 saturated heterocycles. The standard InChI is InChI=1S/C25H28N4O2S2/c1-17-8-10-20(11-9-17)26-23(30)16-32-18(2)24(31)28-25-27-21-12-13-29(15-22(21)33-25)14-19-6-4-3-5-7-19/h3-11,18H,12-16H2,1-2H3,(H,26,30)(H,27,28,31). The molecular formula is C25H28N4O2S2. The van der Waals surface area contributed by atoms with Crippen LogP contribution in [0.4, 0.5) is 10.8 Å². The number of nitrogens with one attached hydrogen (secondary N) is 2. The fourth-order valence-corrected chi connectivity index (χ4v) is 5.33. The van der Waals surface area contributed by atoms with Gasteiger partial charge in [0, 0.05) is 36.6 Å². The Morgan fingerprint density at radius 3 is 2.64 bits per heavy atom. The van der Waals surface area contributed by atoms with E-state index in [1.165, 1.54) is 22.2 Å². The molecule has 0 fully saturated rings. The monoisotopic (exact) mass is 480 g/mol. The Balaban J connectivity index is 1.25. The average molecular weight is 481 g/mol. The number of hydrogen-bond acceptors (Lipinski definition) is 6. The predicted octanol–water partition coefficient (Wildman–Crippen LogP) is 4.71. The topological polar surface area (TPSA) is 74.3 Å². The molecule has 6 nitrogen and oxygen atoms in total. The van der Waals surface area contributed by atoms with E-state index in [0.717, 1.165) is 43.0 Å². The van der Waals surface area contributed by atoms with Crippen LogP contribution >= 0.6 is 23.1 Å². The summed E-state index contributed by atoms with van der Waals surface area (Å²) in [5, 5.41) is 6.09. The number of aromatic nitrogens is 1. The minimum absolute atomic E-state index is 0.119. The van der Waals surface area contributed by atoms with Gasteiger partial charge < -0.3 is 10.6 Å². The number of hydrogen-bond donors (Lipinski definition) is 2. The van der Waals surface area contributed by atoms with Crippen LogP contribution in [-0.2, 0) is 29.1 Å². The first-order chi connectivity index (χ1) is 16.0. The SMILES string of the molecule is Cc1ccc(NC(=O)CSC(C)C(=O)Nc2nc3c(s2)CN(Cc2ccccc2)CC3)cc1. The second-order valence-corrected chi connectivity index (χ2v) is 10.6. The molecule has 0 saturated carbocycles. The van der Waals surface area contributed by atoms with E-state index in [1.807, 2.05) is 44.2 Å². The highest BCUT2D eigenvalue weighted by Crippen LogP contribution is 2.29. The largest absolute Gasteiger partial charge is 0.325 e. The fourth-order valence-electron chi connectivity index (χ4n) is 3.60. The Kier molecular flexibility index (Phi) is 7.80. The van der Waals surface area contributed by atoms with E-state index in [1.54, 1.807) is 11.3 Å². The zero-order chi connectivity index (χ0) is 23.2. The summed E-state index contributed by atoms with van der Waals surface area (Å²) < 4.78 is 0. The van der Waals surface area contributed by atoms with Crippen LogP contribution < -0.4 is 10.6 Å². The molecule has 1 aliphatic heterocycles. The molecule has 2 N–H and O–H groups in total. The van der Waals surface area contributed by atoms with Crippen molar-refractivity contribution in [3.05, 3.63) is 76.3 Å². The van der Waals surface area contributed by atoms with Crippen LogP contribution in [0.3, 0.4) is 0 Å².